The second kappa shape index (κ2) is 7.10. The molecule has 2 atom stereocenters. The molecule has 10 heteroatoms. The monoisotopic (exact) mass is 436 g/mol. The third-order valence-electron chi connectivity index (χ3n) is 5.42. The van der Waals surface area contributed by atoms with Gasteiger partial charge in [-0.25, -0.2) is 0 Å². The third-order valence-corrected chi connectivity index (χ3v) is 5.80. The van der Waals surface area contributed by atoms with E-state index in [4.69, 9.17) is 16.0 Å². The van der Waals surface area contributed by atoms with Gasteiger partial charge in [-0.05, 0) is 32.8 Å². The quantitative estimate of drug-likeness (QED) is 0.528. The summed E-state index contributed by atoms with van der Waals surface area (Å²) < 4.78 is 5.36. The first-order valence-electron chi connectivity index (χ1n) is 9.08. The molecule has 0 saturated heterocycles. The van der Waals surface area contributed by atoms with Crippen LogP contribution in [0.5, 0.6) is 11.5 Å². The van der Waals surface area contributed by atoms with Gasteiger partial charge in [0, 0.05) is 12.5 Å². The first-order chi connectivity index (χ1) is 13.8. The fraction of sp³-hybridized carbons (Fsp3) is 0.400. The Morgan fingerprint density at radius 1 is 1.30 bits per heavy atom. The number of phenolic OH excluding ortho intramolecular Hbond substituents is 2. The molecule has 1 aromatic heterocycles. The SMILES string of the molecule is C[C@@H]1CC(=O)C=C(O)[C@]1(C)C(=O)c1c(O)cc(-c2nnc(C(C)(C)O)o2)c(Cl)c1O. The number of Topliss-reactive ketones (excluding diaryl/α,β-unsaturated/α-hetero) is 1. The number of aromatic nitrogens is 2. The number of carbonyl (C=O) groups excluding carboxylic acids is 2. The summed E-state index contributed by atoms with van der Waals surface area (Å²) in [5.41, 5.74) is -3.53. The van der Waals surface area contributed by atoms with Crippen molar-refractivity contribution in [2.75, 3.05) is 0 Å². The summed E-state index contributed by atoms with van der Waals surface area (Å²) >= 11 is 6.22. The average Bonchev–Trinajstić information content (AvgIpc) is 3.12. The number of aliphatic hydroxyl groups is 2. The van der Waals surface area contributed by atoms with Gasteiger partial charge in [0.05, 0.1) is 16.0 Å². The number of benzene rings is 1. The number of halogens is 1. The van der Waals surface area contributed by atoms with Crippen LogP contribution in [0.3, 0.4) is 0 Å². The van der Waals surface area contributed by atoms with Crippen LogP contribution in [-0.4, -0.2) is 42.2 Å². The molecule has 0 spiro atoms. The molecule has 30 heavy (non-hydrogen) atoms. The molecule has 0 saturated carbocycles. The molecule has 1 aliphatic rings. The Labute approximate surface area is 176 Å². The molecule has 2 aromatic rings. The second-order valence-corrected chi connectivity index (χ2v) is 8.46. The number of rotatable bonds is 4. The number of carbonyl (C=O) groups is 2. The van der Waals surface area contributed by atoms with Gasteiger partial charge in [0.15, 0.2) is 11.6 Å². The summed E-state index contributed by atoms with van der Waals surface area (Å²) in [7, 11) is 0. The van der Waals surface area contributed by atoms with Gasteiger partial charge in [0.1, 0.15) is 28.4 Å². The lowest BCUT2D eigenvalue weighted by Crippen LogP contribution is -2.40. The summed E-state index contributed by atoms with van der Waals surface area (Å²) in [6.07, 6.45) is 0.986. The lowest BCUT2D eigenvalue weighted by Gasteiger charge is -2.36. The van der Waals surface area contributed by atoms with Crippen LogP contribution >= 0.6 is 11.6 Å². The number of ketones is 2. The van der Waals surface area contributed by atoms with Gasteiger partial charge in [-0.3, -0.25) is 9.59 Å². The van der Waals surface area contributed by atoms with Crippen LogP contribution in [0.2, 0.25) is 5.02 Å². The molecule has 4 N–H and O–H groups in total. The molecule has 160 valence electrons. The minimum absolute atomic E-state index is 0.0152. The smallest absolute Gasteiger partial charge is 0.249 e. The van der Waals surface area contributed by atoms with E-state index < -0.39 is 45.5 Å². The van der Waals surface area contributed by atoms with E-state index in [9.17, 15) is 30.0 Å². The molecule has 1 heterocycles. The van der Waals surface area contributed by atoms with Gasteiger partial charge in [0.25, 0.3) is 0 Å². The number of hydrogen-bond donors (Lipinski definition) is 4. The summed E-state index contributed by atoms with van der Waals surface area (Å²) in [4.78, 5) is 24.9. The van der Waals surface area contributed by atoms with E-state index in [-0.39, 0.29) is 34.6 Å². The minimum atomic E-state index is -1.55. The van der Waals surface area contributed by atoms with Gasteiger partial charge in [-0.15, -0.1) is 10.2 Å². The van der Waals surface area contributed by atoms with Gasteiger partial charge in [0.2, 0.25) is 11.8 Å². The topological polar surface area (TPSA) is 154 Å². The Kier molecular flexibility index (Phi) is 5.16. The maximum absolute atomic E-state index is 13.3. The van der Waals surface area contributed by atoms with Crippen molar-refractivity contribution in [2.24, 2.45) is 11.3 Å². The molecule has 3 rings (SSSR count). The van der Waals surface area contributed by atoms with Gasteiger partial charge >= 0.3 is 0 Å². The van der Waals surface area contributed by atoms with Crippen LogP contribution in [-0.2, 0) is 10.4 Å². The summed E-state index contributed by atoms with van der Waals surface area (Å²) in [5, 5.41) is 48.5. The van der Waals surface area contributed by atoms with Crippen LogP contribution in [0.1, 0.15) is 50.4 Å². The Hall–Kier alpha value is -2.91. The van der Waals surface area contributed by atoms with Crippen molar-refractivity contribution in [2.45, 2.75) is 39.7 Å². The van der Waals surface area contributed by atoms with E-state index in [0.29, 0.717) is 0 Å². The number of aromatic hydroxyl groups is 2. The van der Waals surface area contributed by atoms with Gasteiger partial charge < -0.3 is 24.8 Å². The molecule has 0 bridgehead atoms. The Morgan fingerprint density at radius 3 is 2.47 bits per heavy atom. The average molecular weight is 437 g/mol. The Morgan fingerprint density at radius 2 is 1.93 bits per heavy atom. The highest BCUT2D eigenvalue weighted by molar-refractivity contribution is 6.35. The van der Waals surface area contributed by atoms with E-state index in [1.807, 2.05) is 0 Å². The van der Waals surface area contributed by atoms with Crippen molar-refractivity contribution < 1.29 is 34.4 Å². The molecular formula is C20H21ClN2O7. The van der Waals surface area contributed by atoms with Gasteiger partial charge in [-0.2, -0.15) is 0 Å². The second-order valence-electron chi connectivity index (χ2n) is 8.08. The minimum Gasteiger partial charge on any atom is -0.511 e. The normalized spacial score (nSPS) is 22.1. The number of phenols is 2. The van der Waals surface area contributed by atoms with E-state index in [0.717, 1.165) is 12.1 Å². The highest BCUT2D eigenvalue weighted by Gasteiger charge is 2.48. The molecule has 0 aliphatic heterocycles. The predicted molar refractivity (Wildman–Crippen MR) is 105 cm³/mol. The zero-order valence-corrected chi connectivity index (χ0v) is 17.5. The van der Waals surface area contributed by atoms with Crippen molar-refractivity contribution in [1.82, 2.24) is 10.2 Å². The Bertz CT molecular complexity index is 1080. The maximum Gasteiger partial charge on any atom is 0.249 e. The predicted octanol–water partition coefficient (Wildman–Crippen LogP) is 3.27. The molecular weight excluding hydrogens is 416 g/mol. The summed E-state index contributed by atoms with van der Waals surface area (Å²) in [6, 6.07) is 1.07. The standard InChI is InChI=1S/C20H21ClN2O7/c1-8-5-9(24)6-12(26)20(8,4)16(28)13-11(25)7-10(14(21)15(13)27)17-22-23-18(30-17)19(2,3)29/h6-8,25-27,29H,5H2,1-4H3/t8-,20-/m1/s1. The van der Waals surface area contributed by atoms with E-state index in [1.165, 1.54) is 20.8 Å². The molecule has 0 radical (unpaired) electrons. The number of hydrogen-bond acceptors (Lipinski definition) is 9. The summed E-state index contributed by atoms with van der Waals surface area (Å²) in [5.74, 6) is -3.85. The first-order valence-corrected chi connectivity index (χ1v) is 9.46. The van der Waals surface area contributed by atoms with E-state index in [1.54, 1.807) is 6.92 Å². The fourth-order valence-electron chi connectivity index (χ4n) is 3.31. The number of allylic oxidation sites excluding steroid dienone is 2. The van der Waals surface area contributed by atoms with Crippen LogP contribution in [0.4, 0.5) is 0 Å². The van der Waals surface area contributed by atoms with Crippen LogP contribution in [0.15, 0.2) is 22.3 Å². The van der Waals surface area contributed by atoms with E-state index >= 15 is 0 Å². The van der Waals surface area contributed by atoms with Crippen molar-refractivity contribution in [3.05, 3.63) is 34.4 Å². The van der Waals surface area contributed by atoms with Crippen molar-refractivity contribution >= 4 is 23.2 Å². The zero-order chi connectivity index (χ0) is 22.6. The Balaban J connectivity index is 2.12. The van der Waals surface area contributed by atoms with Crippen molar-refractivity contribution in [3.63, 3.8) is 0 Å². The summed E-state index contributed by atoms with van der Waals surface area (Å²) in [6.45, 7) is 5.89. The lowest BCUT2D eigenvalue weighted by molar-refractivity contribution is -0.117. The van der Waals surface area contributed by atoms with Crippen molar-refractivity contribution in [3.8, 4) is 23.0 Å². The maximum atomic E-state index is 13.3. The molecule has 1 aliphatic carbocycles. The van der Waals surface area contributed by atoms with Crippen molar-refractivity contribution in [1.29, 1.82) is 0 Å². The van der Waals surface area contributed by atoms with Gasteiger partial charge in [-0.1, -0.05) is 18.5 Å². The molecule has 1 aromatic carbocycles. The molecule has 9 nitrogen and oxygen atoms in total. The molecule has 0 unspecified atom stereocenters. The first kappa shape index (κ1) is 21.8. The number of nitrogens with zero attached hydrogens (tertiary/aromatic N) is 2. The fourth-order valence-corrected chi connectivity index (χ4v) is 3.54. The third kappa shape index (κ3) is 3.33. The van der Waals surface area contributed by atoms with Crippen LogP contribution in [0, 0.1) is 11.3 Å². The largest absolute Gasteiger partial charge is 0.511 e. The highest BCUT2D eigenvalue weighted by atomic mass is 35.5. The molecule has 0 amide bonds. The highest BCUT2D eigenvalue weighted by Crippen LogP contribution is 2.48. The number of aliphatic hydroxyl groups excluding tert-OH is 1. The van der Waals surface area contributed by atoms with Crippen LogP contribution in [0.25, 0.3) is 11.5 Å². The zero-order valence-electron chi connectivity index (χ0n) is 16.7. The molecule has 0 fully saturated rings. The van der Waals surface area contributed by atoms with E-state index in [2.05, 4.69) is 10.2 Å². The van der Waals surface area contributed by atoms with Crippen LogP contribution < -0.4 is 0 Å². The lowest BCUT2D eigenvalue weighted by atomic mass is 9.66.